The van der Waals surface area contributed by atoms with Crippen molar-refractivity contribution in [2.45, 2.75) is 19.5 Å². The van der Waals surface area contributed by atoms with Gasteiger partial charge in [-0.05, 0) is 24.6 Å². The van der Waals surface area contributed by atoms with Crippen LogP contribution in [0.15, 0.2) is 41.3 Å². The summed E-state index contributed by atoms with van der Waals surface area (Å²) in [5, 5.41) is 4.10. The predicted octanol–water partition coefficient (Wildman–Crippen LogP) is 1.03. The van der Waals surface area contributed by atoms with Gasteiger partial charge in [0.2, 0.25) is 0 Å². The fourth-order valence-electron chi connectivity index (χ4n) is 1.79. The lowest BCUT2D eigenvalue weighted by Crippen LogP contribution is -2.26. The Bertz CT molecular complexity index is 653. The van der Waals surface area contributed by atoms with E-state index in [0.717, 1.165) is 11.3 Å². The number of hydrogen-bond acceptors (Lipinski definition) is 5. The highest BCUT2D eigenvalue weighted by Gasteiger charge is 2.04. The summed E-state index contributed by atoms with van der Waals surface area (Å²) in [4.78, 5) is 12.0. The monoisotopic (exact) mass is 289 g/mol. The molecule has 112 valence electrons. The van der Waals surface area contributed by atoms with Crippen molar-refractivity contribution in [3.8, 4) is 11.5 Å². The molecule has 0 radical (unpaired) electrons. The Kier molecular flexibility index (Phi) is 4.94. The van der Waals surface area contributed by atoms with Gasteiger partial charge in [0.15, 0.2) is 0 Å². The highest BCUT2D eigenvalue weighted by atomic mass is 16.5. The van der Waals surface area contributed by atoms with Crippen molar-refractivity contribution < 1.29 is 9.47 Å². The van der Waals surface area contributed by atoms with Gasteiger partial charge in [0, 0.05) is 12.1 Å². The number of ether oxygens (including phenoxy) is 2. The van der Waals surface area contributed by atoms with Crippen LogP contribution >= 0.6 is 0 Å². The van der Waals surface area contributed by atoms with Crippen molar-refractivity contribution in [1.29, 1.82) is 0 Å². The lowest BCUT2D eigenvalue weighted by molar-refractivity contribution is 0.293. The second-order valence-corrected chi connectivity index (χ2v) is 4.83. The molecule has 0 aliphatic rings. The minimum atomic E-state index is -0.222. The third kappa shape index (κ3) is 4.32. The summed E-state index contributed by atoms with van der Waals surface area (Å²) in [6.45, 7) is 2.56. The van der Waals surface area contributed by atoms with Crippen LogP contribution in [0.2, 0.25) is 0 Å². The third-order valence-electron chi connectivity index (χ3n) is 2.82. The second kappa shape index (κ2) is 6.90. The summed E-state index contributed by atoms with van der Waals surface area (Å²) < 4.78 is 11.9. The van der Waals surface area contributed by atoms with E-state index in [4.69, 9.17) is 15.2 Å². The first-order valence-corrected chi connectivity index (χ1v) is 6.67. The second-order valence-electron chi connectivity index (χ2n) is 4.83. The van der Waals surface area contributed by atoms with Crippen LogP contribution in [0.1, 0.15) is 12.5 Å². The molecule has 1 aromatic carbocycles. The van der Waals surface area contributed by atoms with Gasteiger partial charge in [-0.25, -0.2) is 4.68 Å². The highest BCUT2D eigenvalue weighted by molar-refractivity contribution is 5.28. The van der Waals surface area contributed by atoms with Crippen molar-refractivity contribution in [3.63, 3.8) is 0 Å². The molecular weight excluding hydrogens is 270 g/mol. The van der Waals surface area contributed by atoms with Gasteiger partial charge in [-0.15, -0.1) is 0 Å². The summed E-state index contributed by atoms with van der Waals surface area (Å²) in [7, 11) is 1.61. The number of nitrogens with two attached hydrogens (primary N) is 1. The highest BCUT2D eigenvalue weighted by Crippen LogP contribution is 2.13. The minimum absolute atomic E-state index is 0.0933. The topological polar surface area (TPSA) is 79.4 Å². The van der Waals surface area contributed by atoms with Gasteiger partial charge in [-0.2, -0.15) is 5.10 Å². The minimum Gasteiger partial charge on any atom is -0.497 e. The van der Waals surface area contributed by atoms with E-state index in [-0.39, 0.29) is 11.6 Å². The number of benzene rings is 1. The first-order valence-electron chi connectivity index (χ1n) is 6.67. The number of nitrogens with zero attached hydrogens (tertiary/aromatic N) is 2. The zero-order valence-corrected chi connectivity index (χ0v) is 12.2. The maximum atomic E-state index is 12.0. The molecule has 1 atom stereocenters. The Morgan fingerprint density at radius 1 is 1.33 bits per heavy atom. The molecule has 0 saturated carbocycles. The summed E-state index contributed by atoms with van der Waals surface area (Å²) in [5.41, 5.74) is 6.31. The summed E-state index contributed by atoms with van der Waals surface area (Å²) in [6, 6.07) is 8.83. The normalized spacial score (nSPS) is 12.0. The summed E-state index contributed by atoms with van der Waals surface area (Å²) >= 11 is 0. The molecule has 0 aliphatic heterocycles. The van der Waals surface area contributed by atoms with E-state index in [2.05, 4.69) is 5.10 Å². The van der Waals surface area contributed by atoms with Crippen molar-refractivity contribution in [2.24, 2.45) is 5.73 Å². The van der Waals surface area contributed by atoms with Gasteiger partial charge >= 0.3 is 0 Å². The van der Waals surface area contributed by atoms with Crippen molar-refractivity contribution >= 4 is 0 Å². The molecule has 2 rings (SSSR count). The molecule has 2 N–H and O–H groups in total. The molecule has 1 aromatic heterocycles. The van der Waals surface area contributed by atoms with Crippen LogP contribution in [-0.4, -0.2) is 29.5 Å². The predicted molar refractivity (Wildman–Crippen MR) is 79.7 cm³/mol. The SMILES string of the molecule is COc1cccc(Cn2ncc(OCC(C)N)cc2=O)c1. The Morgan fingerprint density at radius 2 is 2.14 bits per heavy atom. The number of hydrogen-bond donors (Lipinski definition) is 1. The van der Waals surface area contributed by atoms with Gasteiger partial charge in [0.05, 0.1) is 19.9 Å². The number of aromatic nitrogens is 2. The molecule has 0 amide bonds. The molecule has 0 fully saturated rings. The average Bonchev–Trinajstić information content (AvgIpc) is 2.48. The molecule has 0 saturated heterocycles. The number of methoxy groups -OCH3 is 1. The van der Waals surface area contributed by atoms with Crippen molar-refractivity contribution in [1.82, 2.24) is 9.78 Å². The van der Waals surface area contributed by atoms with Crippen LogP contribution in [0.25, 0.3) is 0 Å². The van der Waals surface area contributed by atoms with Gasteiger partial charge in [-0.3, -0.25) is 4.79 Å². The van der Waals surface area contributed by atoms with Crippen LogP contribution in [-0.2, 0) is 6.54 Å². The lowest BCUT2D eigenvalue weighted by atomic mass is 10.2. The molecule has 1 heterocycles. The van der Waals surface area contributed by atoms with Crippen molar-refractivity contribution in [2.75, 3.05) is 13.7 Å². The fourth-order valence-corrected chi connectivity index (χ4v) is 1.79. The zero-order chi connectivity index (χ0) is 15.2. The first kappa shape index (κ1) is 15.1. The third-order valence-corrected chi connectivity index (χ3v) is 2.82. The molecule has 6 nitrogen and oxygen atoms in total. The Balaban J connectivity index is 2.12. The Labute approximate surface area is 123 Å². The molecule has 6 heteroatoms. The molecule has 0 bridgehead atoms. The average molecular weight is 289 g/mol. The van der Waals surface area contributed by atoms with Crippen LogP contribution in [0.4, 0.5) is 0 Å². The van der Waals surface area contributed by atoms with E-state index in [9.17, 15) is 4.79 Å². The van der Waals surface area contributed by atoms with Crippen molar-refractivity contribution in [3.05, 3.63) is 52.4 Å². The molecular formula is C15H19N3O3. The maximum Gasteiger partial charge on any atom is 0.270 e. The molecule has 0 spiro atoms. The molecule has 21 heavy (non-hydrogen) atoms. The molecule has 1 unspecified atom stereocenters. The summed E-state index contributed by atoms with van der Waals surface area (Å²) in [6.07, 6.45) is 1.52. The van der Waals surface area contributed by atoms with Gasteiger partial charge < -0.3 is 15.2 Å². The zero-order valence-electron chi connectivity index (χ0n) is 12.2. The van der Waals surface area contributed by atoms with E-state index in [1.54, 1.807) is 7.11 Å². The van der Waals surface area contributed by atoms with E-state index in [1.807, 2.05) is 31.2 Å². The van der Waals surface area contributed by atoms with Gasteiger partial charge in [-0.1, -0.05) is 12.1 Å². The van der Waals surface area contributed by atoms with Crippen LogP contribution in [0, 0.1) is 0 Å². The van der Waals surface area contributed by atoms with E-state index in [1.165, 1.54) is 16.9 Å². The quantitative estimate of drug-likeness (QED) is 0.859. The molecule has 2 aromatic rings. The summed E-state index contributed by atoms with van der Waals surface area (Å²) in [5.74, 6) is 1.18. The Hall–Kier alpha value is -2.34. The van der Waals surface area contributed by atoms with Gasteiger partial charge in [0.25, 0.3) is 5.56 Å². The Morgan fingerprint density at radius 3 is 2.81 bits per heavy atom. The van der Waals surface area contributed by atoms with E-state index >= 15 is 0 Å². The largest absolute Gasteiger partial charge is 0.497 e. The van der Waals surface area contributed by atoms with Gasteiger partial charge in [0.1, 0.15) is 18.1 Å². The maximum absolute atomic E-state index is 12.0. The lowest BCUT2D eigenvalue weighted by Gasteiger charge is -2.10. The van der Waals surface area contributed by atoms with E-state index < -0.39 is 0 Å². The smallest absolute Gasteiger partial charge is 0.270 e. The van der Waals surface area contributed by atoms with Crippen LogP contribution in [0.5, 0.6) is 11.5 Å². The number of rotatable bonds is 6. The van der Waals surface area contributed by atoms with E-state index in [0.29, 0.717) is 18.9 Å². The standard InChI is InChI=1S/C15H19N3O3/c1-11(16)10-21-14-7-15(19)18(17-8-14)9-12-4-3-5-13(6-12)20-2/h3-8,11H,9-10,16H2,1-2H3. The molecule has 0 aliphatic carbocycles. The fraction of sp³-hybridized carbons (Fsp3) is 0.333. The first-order chi connectivity index (χ1) is 10.1. The van der Waals surface area contributed by atoms with Crippen LogP contribution in [0.3, 0.4) is 0 Å². The van der Waals surface area contributed by atoms with Crippen LogP contribution < -0.4 is 20.8 Å².